The van der Waals surface area contributed by atoms with Gasteiger partial charge in [0, 0.05) is 31.5 Å². The van der Waals surface area contributed by atoms with Gasteiger partial charge in [0.15, 0.2) is 11.5 Å². The van der Waals surface area contributed by atoms with E-state index in [1.807, 2.05) is 53.4 Å². The molecule has 1 fully saturated rings. The van der Waals surface area contributed by atoms with Gasteiger partial charge in [-0.25, -0.2) is 4.98 Å². The van der Waals surface area contributed by atoms with E-state index in [2.05, 4.69) is 10.3 Å². The van der Waals surface area contributed by atoms with Gasteiger partial charge in [-0.15, -0.1) is 0 Å². The molecule has 0 atom stereocenters. The molecule has 2 amide bonds. The van der Waals surface area contributed by atoms with Crippen molar-refractivity contribution in [2.24, 2.45) is 5.92 Å². The number of nitrogens with zero attached hydrogens (tertiary/aromatic N) is 2. The standard InChI is InChI=1S/C21H21N3O3/c1-14-22-17-8-5-9-18(19(17)27-14)23-20(25)15-10-12-24(13-11-15)21(26)16-6-3-2-4-7-16/h2-9,15H,10-13H2,1H3,(H,23,25). The van der Waals surface area contributed by atoms with Crippen molar-refractivity contribution in [1.29, 1.82) is 0 Å². The number of fused-ring (bicyclic) bond motifs is 1. The predicted octanol–water partition coefficient (Wildman–Crippen LogP) is 3.63. The van der Waals surface area contributed by atoms with Crippen LogP contribution in [0.25, 0.3) is 11.1 Å². The second-order valence-corrected chi connectivity index (χ2v) is 6.81. The van der Waals surface area contributed by atoms with E-state index in [4.69, 9.17) is 4.42 Å². The number of aryl methyl sites for hydroxylation is 1. The number of amides is 2. The summed E-state index contributed by atoms with van der Waals surface area (Å²) in [5, 5.41) is 2.97. The second kappa shape index (κ2) is 7.23. The quantitative estimate of drug-likeness (QED) is 0.771. The van der Waals surface area contributed by atoms with Gasteiger partial charge in [-0.2, -0.15) is 0 Å². The number of carbonyl (C=O) groups is 2. The Balaban J connectivity index is 1.39. The number of likely N-dealkylation sites (tertiary alicyclic amines) is 1. The van der Waals surface area contributed by atoms with E-state index in [0.717, 1.165) is 5.52 Å². The first-order chi connectivity index (χ1) is 13.1. The molecule has 3 aromatic rings. The lowest BCUT2D eigenvalue weighted by molar-refractivity contribution is -0.121. The van der Waals surface area contributed by atoms with Crippen LogP contribution < -0.4 is 5.32 Å². The fourth-order valence-corrected chi connectivity index (χ4v) is 3.50. The Morgan fingerprint density at radius 2 is 1.81 bits per heavy atom. The van der Waals surface area contributed by atoms with E-state index in [9.17, 15) is 9.59 Å². The fourth-order valence-electron chi connectivity index (χ4n) is 3.50. The molecule has 0 bridgehead atoms. The van der Waals surface area contributed by atoms with Crippen molar-refractivity contribution in [3.8, 4) is 0 Å². The molecule has 0 saturated carbocycles. The molecule has 1 N–H and O–H groups in total. The highest BCUT2D eigenvalue weighted by Gasteiger charge is 2.28. The molecular weight excluding hydrogens is 342 g/mol. The van der Waals surface area contributed by atoms with Crippen LogP contribution in [0.4, 0.5) is 5.69 Å². The minimum absolute atomic E-state index is 0.0244. The first kappa shape index (κ1) is 17.3. The summed E-state index contributed by atoms with van der Waals surface area (Å²) in [5.74, 6) is 0.434. The third kappa shape index (κ3) is 3.56. The van der Waals surface area contributed by atoms with Crippen molar-refractivity contribution in [3.63, 3.8) is 0 Å². The molecule has 1 aromatic heterocycles. The zero-order valence-electron chi connectivity index (χ0n) is 15.1. The highest BCUT2D eigenvalue weighted by atomic mass is 16.3. The van der Waals surface area contributed by atoms with Crippen molar-refractivity contribution >= 4 is 28.6 Å². The number of anilines is 1. The SMILES string of the molecule is Cc1nc2cccc(NC(=O)C3CCN(C(=O)c4ccccc4)CC3)c2o1. The van der Waals surface area contributed by atoms with Crippen LogP contribution >= 0.6 is 0 Å². The first-order valence-corrected chi connectivity index (χ1v) is 9.13. The van der Waals surface area contributed by atoms with Crippen LogP contribution in [-0.2, 0) is 4.79 Å². The molecule has 0 unspecified atom stereocenters. The lowest BCUT2D eigenvalue weighted by atomic mass is 9.95. The number of benzene rings is 2. The normalized spacial score (nSPS) is 15.1. The average Bonchev–Trinajstić information content (AvgIpc) is 3.09. The monoisotopic (exact) mass is 363 g/mol. The number of rotatable bonds is 3. The summed E-state index contributed by atoms with van der Waals surface area (Å²) in [7, 11) is 0. The summed E-state index contributed by atoms with van der Waals surface area (Å²) < 4.78 is 5.61. The van der Waals surface area contributed by atoms with E-state index in [1.54, 1.807) is 6.92 Å². The predicted molar refractivity (Wildman–Crippen MR) is 102 cm³/mol. The molecule has 6 heteroatoms. The van der Waals surface area contributed by atoms with Crippen LogP contribution in [0.5, 0.6) is 0 Å². The number of nitrogens with one attached hydrogen (secondary N) is 1. The molecule has 138 valence electrons. The third-order valence-corrected chi connectivity index (χ3v) is 4.95. The summed E-state index contributed by atoms with van der Waals surface area (Å²) >= 11 is 0. The van der Waals surface area contributed by atoms with Crippen LogP contribution in [0.1, 0.15) is 29.1 Å². The maximum absolute atomic E-state index is 12.7. The molecule has 6 nitrogen and oxygen atoms in total. The molecule has 1 aliphatic rings. The summed E-state index contributed by atoms with van der Waals surface area (Å²) in [6, 6.07) is 14.8. The summed E-state index contributed by atoms with van der Waals surface area (Å²) in [6.07, 6.45) is 1.30. The van der Waals surface area contributed by atoms with E-state index in [0.29, 0.717) is 48.7 Å². The Bertz CT molecular complexity index is 973. The van der Waals surface area contributed by atoms with Crippen molar-refractivity contribution in [1.82, 2.24) is 9.88 Å². The molecular formula is C21H21N3O3. The third-order valence-electron chi connectivity index (χ3n) is 4.95. The van der Waals surface area contributed by atoms with Gasteiger partial charge in [-0.1, -0.05) is 24.3 Å². The van der Waals surface area contributed by atoms with Crippen molar-refractivity contribution in [3.05, 3.63) is 60.0 Å². The van der Waals surface area contributed by atoms with E-state index in [-0.39, 0.29) is 17.7 Å². The summed E-state index contributed by atoms with van der Waals surface area (Å²) in [5.41, 5.74) is 2.65. The molecule has 0 radical (unpaired) electrons. The van der Waals surface area contributed by atoms with Crippen LogP contribution in [-0.4, -0.2) is 34.8 Å². The minimum atomic E-state index is -0.121. The van der Waals surface area contributed by atoms with Gasteiger partial charge in [0.25, 0.3) is 5.91 Å². The van der Waals surface area contributed by atoms with Crippen molar-refractivity contribution < 1.29 is 14.0 Å². The number of para-hydroxylation sites is 1. The zero-order valence-corrected chi connectivity index (χ0v) is 15.1. The number of hydrogen-bond donors (Lipinski definition) is 1. The van der Waals surface area contributed by atoms with Gasteiger partial charge < -0.3 is 14.6 Å². The Kier molecular flexibility index (Phi) is 4.62. The topological polar surface area (TPSA) is 75.4 Å². The van der Waals surface area contributed by atoms with Gasteiger partial charge in [0.1, 0.15) is 5.52 Å². The smallest absolute Gasteiger partial charge is 0.253 e. The number of hydrogen-bond acceptors (Lipinski definition) is 4. The first-order valence-electron chi connectivity index (χ1n) is 9.13. The van der Waals surface area contributed by atoms with Crippen LogP contribution in [0.3, 0.4) is 0 Å². The molecule has 0 aliphatic carbocycles. The highest BCUT2D eigenvalue weighted by molar-refractivity contribution is 6.00. The molecule has 1 aliphatic heterocycles. The summed E-state index contributed by atoms with van der Waals surface area (Å²) in [4.78, 5) is 31.3. The van der Waals surface area contributed by atoms with E-state index in [1.165, 1.54) is 0 Å². The Morgan fingerprint density at radius 1 is 1.07 bits per heavy atom. The minimum Gasteiger partial charge on any atom is -0.439 e. The molecule has 1 saturated heterocycles. The Hall–Kier alpha value is -3.15. The molecule has 2 aromatic carbocycles. The van der Waals surface area contributed by atoms with E-state index < -0.39 is 0 Å². The number of oxazole rings is 1. The second-order valence-electron chi connectivity index (χ2n) is 6.81. The molecule has 0 spiro atoms. The largest absolute Gasteiger partial charge is 0.439 e. The van der Waals surface area contributed by atoms with Gasteiger partial charge in [0.05, 0.1) is 5.69 Å². The van der Waals surface area contributed by atoms with E-state index >= 15 is 0 Å². The Labute approximate surface area is 157 Å². The maximum atomic E-state index is 12.7. The number of piperidine rings is 1. The van der Waals surface area contributed by atoms with Gasteiger partial charge in [0.2, 0.25) is 5.91 Å². The highest BCUT2D eigenvalue weighted by Crippen LogP contribution is 2.26. The molecule has 2 heterocycles. The summed E-state index contributed by atoms with van der Waals surface area (Å²) in [6.45, 7) is 2.94. The zero-order chi connectivity index (χ0) is 18.8. The van der Waals surface area contributed by atoms with Crippen LogP contribution in [0, 0.1) is 12.8 Å². The average molecular weight is 363 g/mol. The van der Waals surface area contributed by atoms with Gasteiger partial charge >= 0.3 is 0 Å². The molecule has 27 heavy (non-hydrogen) atoms. The number of carbonyl (C=O) groups excluding carboxylic acids is 2. The van der Waals surface area contributed by atoms with Crippen LogP contribution in [0.2, 0.25) is 0 Å². The van der Waals surface area contributed by atoms with Crippen molar-refractivity contribution in [2.75, 3.05) is 18.4 Å². The van der Waals surface area contributed by atoms with Crippen molar-refractivity contribution in [2.45, 2.75) is 19.8 Å². The maximum Gasteiger partial charge on any atom is 0.253 e. The lowest BCUT2D eigenvalue weighted by Gasteiger charge is -2.31. The molecule has 4 rings (SSSR count). The van der Waals surface area contributed by atoms with Gasteiger partial charge in [-0.3, -0.25) is 9.59 Å². The van der Waals surface area contributed by atoms with Gasteiger partial charge in [-0.05, 0) is 37.1 Å². The number of aromatic nitrogens is 1. The lowest BCUT2D eigenvalue weighted by Crippen LogP contribution is -2.41. The fraction of sp³-hybridized carbons (Fsp3) is 0.286. The Morgan fingerprint density at radius 3 is 2.56 bits per heavy atom. The van der Waals surface area contributed by atoms with Crippen LogP contribution in [0.15, 0.2) is 52.9 Å².